The fourth-order valence-corrected chi connectivity index (χ4v) is 2.20. The minimum atomic E-state index is 0.456. The van der Waals surface area contributed by atoms with Gasteiger partial charge in [0, 0.05) is 32.2 Å². The summed E-state index contributed by atoms with van der Waals surface area (Å²) in [7, 11) is 0. The average molecular weight is 241 g/mol. The van der Waals surface area contributed by atoms with Crippen LogP contribution in [0.5, 0.6) is 0 Å². The second-order valence-corrected chi connectivity index (χ2v) is 6.48. The summed E-state index contributed by atoms with van der Waals surface area (Å²) in [5.74, 6) is 0. The van der Waals surface area contributed by atoms with E-state index in [0.717, 1.165) is 32.2 Å². The molecule has 1 aliphatic heterocycles. The van der Waals surface area contributed by atoms with Crippen LogP contribution in [-0.2, 0) is 0 Å². The Morgan fingerprint density at radius 3 is 2.41 bits per heavy atom. The number of hydrogen-bond donors (Lipinski definition) is 2. The summed E-state index contributed by atoms with van der Waals surface area (Å²) in [5.41, 5.74) is 0.456. The zero-order valence-corrected chi connectivity index (χ0v) is 12.2. The van der Waals surface area contributed by atoms with Gasteiger partial charge in [-0.3, -0.25) is 4.90 Å². The highest BCUT2D eigenvalue weighted by molar-refractivity contribution is 4.74. The van der Waals surface area contributed by atoms with Crippen LogP contribution in [0.3, 0.4) is 0 Å². The summed E-state index contributed by atoms with van der Waals surface area (Å²) < 4.78 is 0. The van der Waals surface area contributed by atoms with Gasteiger partial charge >= 0.3 is 0 Å². The van der Waals surface area contributed by atoms with E-state index >= 15 is 0 Å². The van der Waals surface area contributed by atoms with E-state index in [1.165, 1.54) is 25.9 Å². The predicted molar refractivity (Wildman–Crippen MR) is 75.5 cm³/mol. The molecule has 1 rings (SSSR count). The van der Waals surface area contributed by atoms with Crippen LogP contribution >= 0.6 is 0 Å². The first kappa shape index (κ1) is 14.9. The van der Waals surface area contributed by atoms with Gasteiger partial charge in [-0.2, -0.15) is 0 Å². The lowest BCUT2D eigenvalue weighted by Crippen LogP contribution is -2.48. The lowest BCUT2D eigenvalue weighted by atomic mass is 9.92. The minimum absolute atomic E-state index is 0.456. The molecule has 102 valence electrons. The molecular formula is C14H31N3. The summed E-state index contributed by atoms with van der Waals surface area (Å²) in [4.78, 5) is 2.60. The molecule has 1 atom stereocenters. The number of rotatable bonds is 6. The maximum absolute atomic E-state index is 3.57. The summed E-state index contributed by atoms with van der Waals surface area (Å²) >= 11 is 0. The van der Waals surface area contributed by atoms with Crippen LogP contribution in [0.25, 0.3) is 0 Å². The quantitative estimate of drug-likeness (QED) is 0.693. The third kappa shape index (κ3) is 7.02. The number of hydrogen-bond acceptors (Lipinski definition) is 3. The summed E-state index contributed by atoms with van der Waals surface area (Å²) in [6, 6.07) is 0.722. The molecule has 0 aromatic heterocycles. The molecule has 0 aromatic carbocycles. The van der Waals surface area contributed by atoms with Crippen molar-refractivity contribution in [3.05, 3.63) is 0 Å². The maximum Gasteiger partial charge on any atom is 0.0110 e. The molecule has 1 fully saturated rings. The molecule has 1 unspecified atom stereocenters. The number of piperazine rings is 1. The Kier molecular flexibility index (Phi) is 6.45. The molecule has 1 saturated heterocycles. The smallest absolute Gasteiger partial charge is 0.0110 e. The van der Waals surface area contributed by atoms with E-state index in [0.29, 0.717) is 5.41 Å². The Hall–Kier alpha value is -0.120. The monoisotopic (exact) mass is 241 g/mol. The van der Waals surface area contributed by atoms with Crippen molar-refractivity contribution >= 4 is 0 Å². The van der Waals surface area contributed by atoms with Gasteiger partial charge in [-0.05, 0) is 38.3 Å². The molecule has 17 heavy (non-hydrogen) atoms. The molecule has 0 saturated carbocycles. The largest absolute Gasteiger partial charge is 0.317 e. The second kappa shape index (κ2) is 7.34. The standard InChI is InChI=1S/C14H31N3/c1-13(17-11-9-16-10-12-17)5-7-15-8-6-14(2,3)4/h13,15-16H,5-12H2,1-4H3. The summed E-state index contributed by atoms with van der Waals surface area (Å²) in [6.07, 6.45) is 2.53. The molecule has 2 N–H and O–H groups in total. The molecule has 3 nitrogen and oxygen atoms in total. The van der Waals surface area contributed by atoms with E-state index in [2.05, 4.69) is 43.2 Å². The van der Waals surface area contributed by atoms with Gasteiger partial charge in [-0.25, -0.2) is 0 Å². The van der Waals surface area contributed by atoms with Crippen LogP contribution in [0, 0.1) is 5.41 Å². The first-order chi connectivity index (χ1) is 7.99. The van der Waals surface area contributed by atoms with Crippen molar-refractivity contribution in [1.29, 1.82) is 0 Å². The first-order valence-corrected chi connectivity index (χ1v) is 7.14. The lowest BCUT2D eigenvalue weighted by molar-refractivity contribution is 0.175. The van der Waals surface area contributed by atoms with Crippen molar-refractivity contribution < 1.29 is 0 Å². The van der Waals surface area contributed by atoms with E-state index in [4.69, 9.17) is 0 Å². The van der Waals surface area contributed by atoms with Crippen molar-refractivity contribution in [2.45, 2.75) is 46.6 Å². The maximum atomic E-state index is 3.57. The second-order valence-electron chi connectivity index (χ2n) is 6.48. The Balaban J connectivity index is 2.01. The van der Waals surface area contributed by atoms with Crippen molar-refractivity contribution in [1.82, 2.24) is 15.5 Å². The van der Waals surface area contributed by atoms with E-state index in [9.17, 15) is 0 Å². The zero-order valence-electron chi connectivity index (χ0n) is 12.2. The Morgan fingerprint density at radius 1 is 1.18 bits per heavy atom. The van der Waals surface area contributed by atoms with Gasteiger partial charge in [-0.15, -0.1) is 0 Å². The minimum Gasteiger partial charge on any atom is -0.317 e. The van der Waals surface area contributed by atoms with Gasteiger partial charge in [-0.1, -0.05) is 20.8 Å². The number of nitrogens with one attached hydrogen (secondary N) is 2. The van der Waals surface area contributed by atoms with E-state index < -0.39 is 0 Å². The van der Waals surface area contributed by atoms with Crippen LogP contribution in [0.2, 0.25) is 0 Å². The normalized spacial score (nSPS) is 20.5. The molecule has 0 bridgehead atoms. The Bertz CT molecular complexity index is 192. The Labute approximate surface area is 107 Å². The van der Waals surface area contributed by atoms with Crippen molar-refractivity contribution in [3.63, 3.8) is 0 Å². The molecule has 3 heteroatoms. The summed E-state index contributed by atoms with van der Waals surface area (Å²) in [5, 5.41) is 6.97. The van der Waals surface area contributed by atoms with E-state index in [1.807, 2.05) is 0 Å². The molecule has 0 radical (unpaired) electrons. The number of nitrogens with zero attached hydrogens (tertiary/aromatic N) is 1. The van der Waals surface area contributed by atoms with Gasteiger partial charge in [0.2, 0.25) is 0 Å². The highest BCUT2D eigenvalue weighted by atomic mass is 15.2. The van der Waals surface area contributed by atoms with Crippen molar-refractivity contribution in [3.8, 4) is 0 Å². The zero-order chi connectivity index (χ0) is 12.7. The molecule has 0 amide bonds. The van der Waals surface area contributed by atoms with Crippen LogP contribution in [0.15, 0.2) is 0 Å². The highest BCUT2D eigenvalue weighted by Gasteiger charge is 2.15. The van der Waals surface area contributed by atoms with Gasteiger partial charge in [0.1, 0.15) is 0 Å². The first-order valence-electron chi connectivity index (χ1n) is 7.14. The fourth-order valence-electron chi connectivity index (χ4n) is 2.20. The van der Waals surface area contributed by atoms with Crippen LogP contribution in [0.1, 0.15) is 40.5 Å². The van der Waals surface area contributed by atoms with Crippen molar-refractivity contribution in [2.75, 3.05) is 39.3 Å². The molecule has 0 aliphatic carbocycles. The van der Waals surface area contributed by atoms with E-state index in [-0.39, 0.29) is 0 Å². The summed E-state index contributed by atoms with van der Waals surface area (Å²) in [6.45, 7) is 16.3. The van der Waals surface area contributed by atoms with Crippen molar-refractivity contribution in [2.24, 2.45) is 5.41 Å². The lowest BCUT2D eigenvalue weighted by Gasteiger charge is -2.33. The van der Waals surface area contributed by atoms with Crippen LogP contribution < -0.4 is 10.6 Å². The molecule has 0 aromatic rings. The SMILES string of the molecule is CC(CCNCCC(C)(C)C)N1CCNCC1. The third-order valence-corrected chi connectivity index (χ3v) is 3.57. The van der Waals surface area contributed by atoms with Gasteiger partial charge in [0.05, 0.1) is 0 Å². The van der Waals surface area contributed by atoms with Gasteiger partial charge in [0.25, 0.3) is 0 Å². The van der Waals surface area contributed by atoms with Gasteiger partial charge in [0.15, 0.2) is 0 Å². The molecule has 1 aliphatic rings. The molecular weight excluding hydrogens is 210 g/mol. The average Bonchev–Trinajstić information content (AvgIpc) is 2.28. The third-order valence-electron chi connectivity index (χ3n) is 3.57. The predicted octanol–water partition coefficient (Wildman–Crippen LogP) is 1.70. The van der Waals surface area contributed by atoms with E-state index in [1.54, 1.807) is 0 Å². The van der Waals surface area contributed by atoms with Crippen LogP contribution in [-0.4, -0.2) is 50.2 Å². The molecule has 1 heterocycles. The van der Waals surface area contributed by atoms with Gasteiger partial charge < -0.3 is 10.6 Å². The fraction of sp³-hybridized carbons (Fsp3) is 1.00. The molecule has 0 spiro atoms. The topological polar surface area (TPSA) is 27.3 Å². The van der Waals surface area contributed by atoms with Crippen LogP contribution in [0.4, 0.5) is 0 Å². The highest BCUT2D eigenvalue weighted by Crippen LogP contribution is 2.16. The Morgan fingerprint density at radius 2 is 1.82 bits per heavy atom.